The Labute approximate surface area is 186 Å². The first-order chi connectivity index (χ1) is 15.7. The van der Waals surface area contributed by atoms with Gasteiger partial charge in [-0.05, 0) is 54.6 Å². The van der Waals surface area contributed by atoms with E-state index in [9.17, 15) is 4.79 Å². The molecule has 32 heavy (non-hydrogen) atoms. The fourth-order valence-electron chi connectivity index (χ4n) is 4.19. The molecule has 1 fully saturated rings. The van der Waals surface area contributed by atoms with Gasteiger partial charge in [0.15, 0.2) is 0 Å². The lowest BCUT2D eigenvalue weighted by Gasteiger charge is -2.32. The average molecular weight is 428 g/mol. The van der Waals surface area contributed by atoms with Gasteiger partial charge >= 0.3 is 0 Å². The molecule has 4 aromatic rings. The number of hydrogen-bond donors (Lipinski definition) is 1. The lowest BCUT2D eigenvalue weighted by atomic mass is 10.0. The summed E-state index contributed by atoms with van der Waals surface area (Å²) in [5.41, 5.74) is 2.91. The number of benzene rings is 2. The Morgan fingerprint density at radius 2 is 1.81 bits per heavy atom. The Morgan fingerprint density at radius 1 is 1.03 bits per heavy atom. The second kappa shape index (κ2) is 8.70. The van der Waals surface area contributed by atoms with Gasteiger partial charge in [0.25, 0.3) is 5.91 Å². The number of nitrogens with one attached hydrogen (secondary N) is 1. The van der Waals surface area contributed by atoms with Crippen LogP contribution in [-0.4, -0.2) is 51.6 Å². The number of anilines is 1. The van der Waals surface area contributed by atoms with E-state index in [-0.39, 0.29) is 11.9 Å². The number of likely N-dealkylation sites (tertiary alicyclic amines) is 1. The number of amides is 1. The van der Waals surface area contributed by atoms with Gasteiger partial charge in [-0.3, -0.25) is 4.79 Å². The third kappa shape index (κ3) is 4.01. The molecule has 0 bridgehead atoms. The third-order valence-electron chi connectivity index (χ3n) is 5.95. The van der Waals surface area contributed by atoms with E-state index < -0.39 is 0 Å². The monoisotopic (exact) mass is 427 g/mol. The van der Waals surface area contributed by atoms with Gasteiger partial charge in [-0.2, -0.15) is 4.98 Å². The molecule has 3 heterocycles. The van der Waals surface area contributed by atoms with Crippen molar-refractivity contribution in [2.45, 2.75) is 18.9 Å². The van der Waals surface area contributed by atoms with E-state index in [1.807, 2.05) is 41.3 Å². The van der Waals surface area contributed by atoms with Crippen molar-refractivity contribution in [3.05, 3.63) is 78.6 Å². The molecule has 1 aliphatic rings. The summed E-state index contributed by atoms with van der Waals surface area (Å²) in [5.74, 6) is 1.17. The molecule has 1 aliphatic heterocycles. The first-order valence-electron chi connectivity index (χ1n) is 10.8. The molecule has 0 aliphatic carbocycles. The number of carbonyl (C=O) groups excluding carboxylic acids is 1. The van der Waals surface area contributed by atoms with Crippen LogP contribution in [0.2, 0.25) is 0 Å². The largest absolute Gasteiger partial charge is 0.481 e. The number of methoxy groups -OCH3 is 1. The van der Waals surface area contributed by atoms with Gasteiger partial charge in [0.2, 0.25) is 11.8 Å². The molecule has 1 amide bonds. The van der Waals surface area contributed by atoms with Crippen LogP contribution in [0.4, 0.5) is 5.95 Å². The zero-order chi connectivity index (χ0) is 21.9. The van der Waals surface area contributed by atoms with Crippen LogP contribution in [-0.2, 0) is 0 Å². The number of piperidine rings is 1. The molecule has 0 saturated carbocycles. The van der Waals surface area contributed by atoms with E-state index in [0.29, 0.717) is 30.5 Å². The minimum absolute atomic E-state index is 0.0741. The number of carbonyl (C=O) groups is 1. The van der Waals surface area contributed by atoms with Gasteiger partial charge in [-0.15, -0.1) is 0 Å². The standard InChI is InChI=1S/C25H25N5O2/c1-32-23-10-14-26-25(28-23)27-20-12-15-29(16-13-20)24(31)19-6-8-21(9-7-19)30-17-11-18-4-2-3-5-22(18)30/h2-11,14,17,20H,12-13,15-16H2,1H3,(H,26,27,28). The molecular weight excluding hydrogens is 402 g/mol. The number of para-hydroxylation sites is 1. The Bertz CT molecular complexity index is 1230. The van der Waals surface area contributed by atoms with E-state index >= 15 is 0 Å². The van der Waals surface area contributed by atoms with E-state index in [2.05, 4.69) is 44.2 Å². The number of hydrogen-bond acceptors (Lipinski definition) is 5. The molecule has 0 radical (unpaired) electrons. The molecule has 0 unspecified atom stereocenters. The molecule has 0 atom stereocenters. The quantitative estimate of drug-likeness (QED) is 0.518. The summed E-state index contributed by atoms with van der Waals surface area (Å²) in [4.78, 5) is 23.5. The van der Waals surface area contributed by atoms with Gasteiger partial charge in [0.05, 0.1) is 12.6 Å². The Kier molecular flexibility index (Phi) is 5.46. The van der Waals surface area contributed by atoms with Crippen molar-refractivity contribution < 1.29 is 9.53 Å². The minimum atomic E-state index is 0.0741. The van der Waals surface area contributed by atoms with E-state index in [1.165, 1.54) is 5.39 Å². The molecule has 162 valence electrons. The minimum Gasteiger partial charge on any atom is -0.481 e. The molecule has 7 nitrogen and oxygen atoms in total. The summed E-state index contributed by atoms with van der Waals surface area (Å²) in [5, 5.41) is 4.55. The Morgan fingerprint density at radius 3 is 2.59 bits per heavy atom. The maximum atomic E-state index is 13.0. The number of aromatic nitrogens is 3. The second-order valence-electron chi connectivity index (χ2n) is 7.92. The lowest BCUT2D eigenvalue weighted by Crippen LogP contribution is -2.42. The van der Waals surface area contributed by atoms with Gasteiger partial charge in [-0.1, -0.05) is 18.2 Å². The van der Waals surface area contributed by atoms with Crippen LogP contribution < -0.4 is 10.1 Å². The van der Waals surface area contributed by atoms with Crippen LogP contribution in [0.1, 0.15) is 23.2 Å². The van der Waals surface area contributed by atoms with Gasteiger partial charge < -0.3 is 19.5 Å². The molecular formula is C25H25N5O2. The maximum absolute atomic E-state index is 13.0. The Hall–Kier alpha value is -3.87. The summed E-state index contributed by atoms with van der Waals surface area (Å²) in [7, 11) is 1.59. The van der Waals surface area contributed by atoms with Crippen LogP contribution in [0.25, 0.3) is 16.6 Å². The maximum Gasteiger partial charge on any atom is 0.253 e. The van der Waals surface area contributed by atoms with Crippen molar-refractivity contribution in [1.82, 2.24) is 19.4 Å². The van der Waals surface area contributed by atoms with E-state index in [0.717, 1.165) is 24.0 Å². The highest BCUT2D eigenvalue weighted by molar-refractivity contribution is 5.94. The first kappa shape index (κ1) is 20.1. The summed E-state index contributed by atoms with van der Waals surface area (Å²) in [6.07, 6.45) is 5.43. The number of fused-ring (bicyclic) bond motifs is 1. The highest BCUT2D eigenvalue weighted by Crippen LogP contribution is 2.22. The summed E-state index contributed by atoms with van der Waals surface area (Å²) in [6.45, 7) is 1.40. The number of ether oxygens (including phenoxy) is 1. The van der Waals surface area contributed by atoms with Crippen molar-refractivity contribution in [3.8, 4) is 11.6 Å². The van der Waals surface area contributed by atoms with Crippen LogP contribution in [0.5, 0.6) is 5.88 Å². The summed E-state index contributed by atoms with van der Waals surface area (Å²) >= 11 is 0. The van der Waals surface area contributed by atoms with E-state index in [4.69, 9.17) is 4.74 Å². The second-order valence-corrected chi connectivity index (χ2v) is 7.92. The first-order valence-corrected chi connectivity index (χ1v) is 10.8. The fraction of sp³-hybridized carbons (Fsp3) is 0.240. The van der Waals surface area contributed by atoms with Gasteiger partial charge in [-0.25, -0.2) is 4.98 Å². The molecule has 0 spiro atoms. The fourth-order valence-corrected chi connectivity index (χ4v) is 4.19. The van der Waals surface area contributed by atoms with Gasteiger partial charge in [0, 0.05) is 48.8 Å². The van der Waals surface area contributed by atoms with Crippen molar-refractivity contribution in [2.24, 2.45) is 0 Å². The number of rotatable bonds is 5. The van der Waals surface area contributed by atoms with Crippen LogP contribution in [0, 0.1) is 0 Å². The zero-order valence-corrected chi connectivity index (χ0v) is 17.9. The normalized spacial score (nSPS) is 14.5. The van der Waals surface area contributed by atoms with E-state index in [1.54, 1.807) is 19.4 Å². The summed E-state index contributed by atoms with van der Waals surface area (Å²) < 4.78 is 7.29. The van der Waals surface area contributed by atoms with Crippen LogP contribution in [0.3, 0.4) is 0 Å². The molecule has 1 N–H and O–H groups in total. The average Bonchev–Trinajstić information content (AvgIpc) is 3.28. The van der Waals surface area contributed by atoms with Crippen molar-refractivity contribution in [3.63, 3.8) is 0 Å². The topological polar surface area (TPSA) is 72.3 Å². The molecule has 7 heteroatoms. The molecule has 2 aromatic heterocycles. The van der Waals surface area contributed by atoms with Crippen molar-refractivity contribution in [1.29, 1.82) is 0 Å². The lowest BCUT2D eigenvalue weighted by molar-refractivity contribution is 0.0718. The van der Waals surface area contributed by atoms with Crippen molar-refractivity contribution in [2.75, 3.05) is 25.5 Å². The predicted octanol–water partition coefficient (Wildman–Crippen LogP) is 4.15. The predicted molar refractivity (Wildman–Crippen MR) is 124 cm³/mol. The van der Waals surface area contributed by atoms with Gasteiger partial charge in [0.1, 0.15) is 0 Å². The highest BCUT2D eigenvalue weighted by atomic mass is 16.5. The summed E-state index contributed by atoms with van der Waals surface area (Å²) in [6, 6.07) is 20.2. The highest BCUT2D eigenvalue weighted by Gasteiger charge is 2.24. The third-order valence-corrected chi connectivity index (χ3v) is 5.95. The van der Waals surface area contributed by atoms with Crippen LogP contribution in [0.15, 0.2) is 73.1 Å². The molecule has 5 rings (SSSR count). The zero-order valence-electron chi connectivity index (χ0n) is 17.9. The molecule has 2 aromatic carbocycles. The molecule has 1 saturated heterocycles. The SMILES string of the molecule is COc1ccnc(NC2CCN(C(=O)c3ccc(-n4ccc5ccccc54)cc3)CC2)n1. The van der Waals surface area contributed by atoms with Crippen LogP contribution >= 0.6 is 0 Å². The Balaban J connectivity index is 1.21. The van der Waals surface area contributed by atoms with Crippen molar-refractivity contribution >= 4 is 22.8 Å². The smallest absolute Gasteiger partial charge is 0.253 e. The number of nitrogens with zero attached hydrogens (tertiary/aromatic N) is 4.